The van der Waals surface area contributed by atoms with E-state index in [4.69, 9.17) is 4.52 Å². The third-order valence-corrected chi connectivity index (χ3v) is 6.18. The molecule has 4 rings (SSSR count). The number of nitrogens with zero attached hydrogens (tertiary/aromatic N) is 3. The number of rotatable bonds is 3. The fourth-order valence-corrected chi connectivity index (χ4v) is 4.81. The molecule has 1 unspecified atom stereocenters. The maximum absolute atomic E-state index is 13.4. The van der Waals surface area contributed by atoms with Crippen LogP contribution in [0.2, 0.25) is 0 Å². The number of hydrogen-bond donors (Lipinski definition) is 1. The van der Waals surface area contributed by atoms with Gasteiger partial charge in [-0.25, -0.2) is 9.78 Å². The summed E-state index contributed by atoms with van der Waals surface area (Å²) < 4.78 is 5.37. The third-order valence-electron chi connectivity index (χ3n) is 5.21. The van der Waals surface area contributed by atoms with Crippen molar-refractivity contribution in [2.45, 2.75) is 46.1 Å². The molecule has 0 radical (unpaired) electrons. The van der Waals surface area contributed by atoms with Crippen molar-refractivity contribution < 1.29 is 19.2 Å². The minimum absolute atomic E-state index is 0.297. The maximum Gasteiger partial charge on any atom is 0.326 e. The van der Waals surface area contributed by atoms with E-state index in [1.54, 1.807) is 24.3 Å². The Morgan fingerprint density at radius 1 is 1.25 bits per heavy atom. The second kappa shape index (κ2) is 7.01. The van der Waals surface area contributed by atoms with Crippen LogP contribution in [-0.4, -0.2) is 44.6 Å². The number of thiophene rings is 1. The molecule has 28 heavy (non-hydrogen) atoms. The maximum atomic E-state index is 13.4. The van der Waals surface area contributed by atoms with Crippen LogP contribution < -0.4 is 0 Å². The molecule has 7 nitrogen and oxygen atoms in total. The summed E-state index contributed by atoms with van der Waals surface area (Å²) in [5.41, 5.74) is 2.85. The second-order valence-corrected chi connectivity index (χ2v) is 8.64. The summed E-state index contributed by atoms with van der Waals surface area (Å²) in [7, 11) is 0. The van der Waals surface area contributed by atoms with Crippen molar-refractivity contribution in [3.05, 3.63) is 33.1 Å². The highest BCUT2D eigenvalue weighted by molar-refractivity contribution is 7.12. The van der Waals surface area contributed by atoms with Gasteiger partial charge in [0.15, 0.2) is 0 Å². The van der Waals surface area contributed by atoms with Crippen molar-refractivity contribution >= 4 is 34.3 Å². The lowest BCUT2D eigenvalue weighted by atomic mass is 9.99. The normalized spacial score (nSPS) is 17.2. The Kier molecular flexibility index (Phi) is 4.66. The SMILES string of the molecule is Cc1cc(-c2cc(C(=O)N3CCCCC3C(=O)O)c3c(C)noc3n2)c(C)s1. The van der Waals surface area contributed by atoms with Crippen LogP contribution in [-0.2, 0) is 4.79 Å². The topological polar surface area (TPSA) is 96.5 Å². The number of pyridine rings is 1. The van der Waals surface area contributed by atoms with Crippen LogP contribution in [0.25, 0.3) is 22.4 Å². The number of hydrogen-bond acceptors (Lipinski definition) is 6. The zero-order valence-electron chi connectivity index (χ0n) is 16.0. The molecule has 1 aliphatic heterocycles. The monoisotopic (exact) mass is 399 g/mol. The van der Waals surface area contributed by atoms with Gasteiger partial charge in [0.05, 0.1) is 22.3 Å². The standard InChI is InChI=1S/C20H21N3O4S/c1-10-8-13(12(3)28-10)15-9-14(17-11(2)22-27-18(17)21-15)19(24)23-7-5-4-6-16(23)20(25)26/h8-9,16H,4-7H2,1-3H3,(H,25,26). The van der Waals surface area contributed by atoms with E-state index in [1.165, 1.54) is 4.90 Å². The molecule has 1 saturated heterocycles. The zero-order chi connectivity index (χ0) is 20.0. The van der Waals surface area contributed by atoms with E-state index in [-0.39, 0.29) is 5.91 Å². The summed E-state index contributed by atoms with van der Waals surface area (Å²) >= 11 is 1.66. The Labute approximate surface area is 166 Å². The first-order valence-electron chi connectivity index (χ1n) is 9.25. The zero-order valence-corrected chi connectivity index (χ0v) is 16.8. The van der Waals surface area contributed by atoms with Gasteiger partial charge >= 0.3 is 5.97 Å². The summed E-state index contributed by atoms with van der Waals surface area (Å²) in [5, 5.41) is 14.1. The molecule has 0 aliphatic carbocycles. The lowest BCUT2D eigenvalue weighted by Crippen LogP contribution is -2.48. The van der Waals surface area contributed by atoms with Gasteiger partial charge in [0, 0.05) is 21.9 Å². The highest BCUT2D eigenvalue weighted by Gasteiger charge is 2.34. The number of carboxylic acids is 1. The molecule has 0 spiro atoms. The van der Waals surface area contributed by atoms with Crippen molar-refractivity contribution in [3.63, 3.8) is 0 Å². The number of piperidine rings is 1. The summed E-state index contributed by atoms with van der Waals surface area (Å²) in [4.78, 5) is 33.4. The van der Waals surface area contributed by atoms with Gasteiger partial charge < -0.3 is 14.5 Å². The fraction of sp³-hybridized carbons (Fsp3) is 0.400. The molecule has 1 amide bonds. The van der Waals surface area contributed by atoms with Gasteiger partial charge in [0.1, 0.15) is 6.04 Å². The van der Waals surface area contributed by atoms with Crippen molar-refractivity contribution in [2.24, 2.45) is 0 Å². The van der Waals surface area contributed by atoms with E-state index < -0.39 is 12.0 Å². The molecular formula is C20H21N3O4S. The van der Waals surface area contributed by atoms with Crippen LogP contribution in [0.15, 0.2) is 16.7 Å². The predicted octanol–water partition coefficient (Wildman–Crippen LogP) is 3.96. The first-order chi connectivity index (χ1) is 13.4. The van der Waals surface area contributed by atoms with Crippen LogP contribution in [0, 0.1) is 20.8 Å². The smallest absolute Gasteiger partial charge is 0.326 e. The first kappa shape index (κ1) is 18.6. The van der Waals surface area contributed by atoms with E-state index in [1.807, 2.05) is 19.9 Å². The molecule has 8 heteroatoms. The molecule has 0 aromatic carbocycles. The minimum atomic E-state index is -0.968. The second-order valence-electron chi connectivity index (χ2n) is 7.18. The molecule has 3 aromatic heterocycles. The van der Waals surface area contributed by atoms with Gasteiger partial charge in [-0.15, -0.1) is 11.3 Å². The Hall–Kier alpha value is -2.74. The molecule has 1 atom stereocenters. The van der Waals surface area contributed by atoms with Crippen LogP contribution in [0.3, 0.4) is 0 Å². The average molecular weight is 399 g/mol. The highest BCUT2D eigenvalue weighted by Crippen LogP contribution is 2.34. The van der Waals surface area contributed by atoms with Gasteiger partial charge in [0.2, 0.25) is 0 Å². The predicted molar refractivity (Wildman–Crippen MR) is 106 cm³/mol. The summed E-state index contributed by atoms with van der Waals surface area (Å²) in [6.45, 7) is 6.22. The van der Waals surface area contributed by atoms with Gasteiger partial charge in [-0.1, -0.05) is 5.16 Å². The van der Waals surface area contributed by atoms with Gasteiger partial charge in [-0.3, -0.25) is 4.79 Å². The van der Waals surface area contributed by atoms with Crippen molar-refractivity contribution in [1.82, 2.24) is 15.0 Å². The van der Waals surface area contributed by atoms with Crippen LogP contribution >= 0.6 is 11.3 Å². The van der Waals surface area contributed by atoms with Crippen LogP contribution in [0.4, 0.5) is 0 Å². The van der Waals surface area contributed by atoms with Crippen LogP contribution in [0.1, 0.15) is 45.1 Å². The van der Waals surface area contributed by atoms with Gasteiger partial charge in [-0.2, -0.15) is 0 Å². The number of amides is 1. The molecule has 0 saturated carbocycles. The lowest BCUT2D eigenvalue weighted by Gasteiger charge is -2.33. The Balaban J connectivity index is 1.87. The van der Waals surface area contributed by atoms with E-state index >= 15 is 0 Å². The molecule has 0 bridgehead atoms. The number of carboxylic acid groups (broad SMARTS) is 1. The lowest BCUT2D eigenvalue weighted by molar-refractivity contribution is -0.143. The number of likely N-dealkylation sites (tertiary alicyclic amines) is 1. The highest BCUT2D eigenvalue weighted by atomic mass is 32.1. The number of carbonyl (C=O) groups excluding carboxylic acids is 1. The summed E-state index contributed by atoms with van der Waals surface area (Å²) in [6.07, 6.45) is 2.06. The number of aryl methyl sites for hydroxylation is 3. The molecule has 146 valence electrons. The van der Waals surface area contributed by atoms with E-state index in [9.17, 15) is 14.7 Å². The van der Waals surface area contributed by atoms with Gasteiger partial charge in [-0.05, 0) is 52.2 Å². The fourth-order valence-electron chi connectivity index (χ4n) is 3.87. The Bertz CT molecular complexity index is 1080. The number of carbonyl (C=O) groups is 2. The number of aromatic nitrogens is 2. The molecule has 1 N–H and O–H groups in total. The molecule has 1 fully saturated rings. The minimum Gasteiger partial charge on any atom is -0.480 e. The number of fused-ring (bicyclic) bond motifs is 1. The Morgan fingerprint density at radius 3 is 2.71 bits per heavy atom. The van der Waals surface area contributed by atoms with Crippen molar-refractivity contribution in [2.75, 3.05) is 6.54 Å². The molecule has 1 aliphatic rings. The van der Waals surface area contributed by atoms with Crippen molar-refractivity contribution in [1.29, 1.82) is 0 Å². The first-order valence-corrected chi connectivity index (χ1v) is 10.1. The summed E-state index contributed by atoms with van der Waals surface area (Å²) in [5.74, 6) is -1.28. The Morgan fingerprint density at radius 2 is 2.04 bits per heavy atom. The van der Waals surface area contributed by atoms with E-state index in [0.29, 0.717) is 41.0 Å². The van der Waals surface area contributed by atoms with E-state index in [0.717, 1.165) is 28.2 Å². The third kappa shape index (κ3) is 3.07. The van der Waals surface area contributed by atoms with Gasteiger partial charge in [0.25, 0.3) is 11.6 Å². The van der Waals surface area contributed by atoms with Crippen LogP contribution in [0.5, 0.6) is 0 Å². The van der Waals surface area contributed by atoms with E-state index in [2.05, 4.69) is 10.1 Å². The summed E-state index contributed by atoms with van der Waals surface area (Å²) in [6, 6.07) is 2.97. The largest absolute Gasteiger partial charge is 0.480 e. The molecule has 4 heterocycles. The number of aliphatic carboxylic acids is 1. The quantitative estimate of drug-likeness (QED) is 0.716. The van der Waals surface area contributed by atoms with Crippen molar-refractivity contribution in [3.8, 4) is 11.3 Å². The average Bonchev–Trinajstić information content (AvgIpc) is 3.22. The molecule has 3 aromatic rings. The molecular weight excluding hydrogens is 378 g/mol.